The summed E-state index contributed by atoms with van der Waals surface area (Å²) >= 11 is 12.4. The number of aromatic nitrogens is 2. The molecule has 47 heavy (non-hydrogen) atoms. The molecule has 0 aliphatic carbocycles. The quantitative estimate of drug-likeness (QED) is 0.0486. The number of allylic oxidation sites excluding steroid dienone is 7. The molecule has 1 N–H and O–H groups in total. The second-order valence-corrected chi connectivity index (χ2v) is 9.97. The predicted octanol–water partition coefficient (Wildman–Crippen LogP) is 11.3. The van der Waals surface area contributed by atoms with Gasteiger partial charge < -0.3 is 14.4 Å². The van der Waals surface area contributed by atoms with Gasteiger partial charge in [-0.1, -0.05) is 93.9 Å². The Balaban J connectivity index is 0.00000333. The molecule has 1 aromatic heterocycles. The van der Waals surface area contributed by atoms with Crippen LogP contribution in [0.1, 0.15) is 71.3 Å². The highest BCUT2D eigenvalue weighted by atomic mass is 35.5. The number of aliphatic hydroxyl groups excluding tert-OH is 1. The first-order chi connectivity index (χ1) is 22.7. The molecule has 254 valence electrons. The molecule has 0 aliphatic rings. The molecule has 1 heterocycles. The molecule has 0 saturated carbocycles. The Kier molecular flexibility index (Phi) is 23.0. The van der Waals surface area contributed by atoms with Gasteiger partial charge in [0.05, 0.1) is 17.3 Å². The van der Waals surface area contributed by atoms with Crippen molar-refractivity contribution in [1.29, 1.82) is 0 Å². The summed E-state index contributed by atoms with van der Waals surface area (Å²) in [4.78, 5) is 15.5. The lowest BCUT2D eigenvalue weighted by Crippen LogP contribution is -1.92. The lowest BCUT2D eigenvalue weighted by Gasteiger charge is -2.07. The number of carbonyl (C=O) groups excluding carboxylic acids is 1. The standard InChI is InChI=1S/C34H33Cl2FN2O2.2C2H6.CH4O/c1-5-25(23-40)10-8-7-9-19-41-24(3)11-12-26(6-2)27-13-17-32(37)28(20-27)14-18-34-38-33(22-39(34)4)30-16-15-29(35)21-31(30)36;3*1-2/h5-8,11-18,20-23H,3,9-10,19H2,1-2,4H3;2*1-2H3;2H,1H3/b8-7-,12-11-,18-14+,25-5+,26-6+;;;. The summed E-state index contributed by atoms with van der Waals surface area (Å²) in [5, 5.41) is 8.06. The maximum atomic E-state index is 14.7. The normalized spacial score (nSPS) is 11.4. The Morgan fingerprint density at radius 3 is 2.32 bits per heavy atom. The third-order valence-corrected chi connectivity index (χ3v) is 6.78. The molecule has 3 rings (SSSR count). The monoisotopic (exact) mass is 682 g/mol. The number of benzene rings is 2. The molecule has 3 aromatic rings. The van der Waals surface area contributed by atoms with E-state index in [0.717, 1.165) is 35.7 Å². The average Bonchev–Trinajstić information content (AvgIpc) is 3.46. The number of aliphatic hydroxyl groups is 1. The fraction of sp³-hybridized carbons (Fsp3) is 0.282. The van der Waals surface area contributed by atoms with E-state index in [1.54, 1.807) is 48.6 Å². The van der Waals surface area contributed by atoms with E-state index in [2.05, 4.69) is 11.6 Å². The third-order valence-electron chi connectivity index (χ3n) is 6.23. The van der Waals surface area contributed by atoms with E-state index in [1.165, 1.54) is 6.07 Å². The predicted molar refractivity (Wildman–Crippen MR) is 201 cm³/mol. The largest absolute Gasteiger partial charge is 0.494 e. The minimum atomic E-state index is -0.338. The number of aldehydes is 1. The van der Waals surface area contributed by atoms with E-state index in [1.807, 2.05) is 89.7 Å². The van der Waals surface area contributed by atoms with E-state index in [-0.39, 0.29) is 5.82 Å². The Hall–Kier alpha value is -3.97. The van der Waals surface area contributed by atoms with Crippen LogP contribution in [0, 0.1) is 5.82 Å². The van der Waals surface area contributed by atoms with Crippen LogP contribution in [0.2, 0.25) is 10.0 Å². The van der Waals surface area contributed by atoms with Gasteiger partial charge in [0.1, 0.15) is 23.7 Å². The maximum Gasteiger partial charge on any atom is 0.146 e. The summed E-state index contributed by atoms with van der Waals surface area (Å²) in [6, 6.07) is 10.2. The molecule has 0 saturated heterocycles. The second kappa shape index (κ2) is 25.2. The highest BCUT2D eigenvalue weighted by Gasteiger charge is 2.10. The Labute approximate surface area is 291 Å². The van der Waals surface area contributed by atoms with Gasteiger partial charge in [-0.05, 0) is 92.0 Å². The molecule has 2 aromatic carbocycles. The SMILES string of the molecule is C=C(/C=C\C(=C/C)c1ccc(F)c(/C=C/c2nc(-c3ccc(Cl)cc3Cl)cn2C)c1)OCC/C=C\C/C(C=O)=C\C.CC.CC.CO. The first kappa shape index (κ1) is 43.0. The highest BCUT2D eigenvalue weighted by molar-refractivity contribution is 6.36. The van der Waals surface area contributed by atoms with Crippen LogP contribution in [0.4, 0.5) is 4.39 Å². The number of rotatable bonds is 13. The molecule has 0 unspecified atom stereocenters. The van der Waals surface area contributed by atoms with Crippen molar-refractivity contribution >= 4 is 47.2 Å². The van der Waals surface area contributed by atoms with Crippen molar-refractivity contribution in [3.05, 3.63) is 130 Å². The van der Waals surface area contributed by atoms with E-state index in [0.29, 0.717) is 52.3 Å². The summed E-state index contributed by atoms with van der Waals surface area (Å²) in [6.45, 7) is 16.2. The molecular formula is C39H49Cl2FN2O3. The van der Waals surface area contributed by atoms with Crippen LogP contribution in [-0.4, -0.2) is 34.7 Å². The Bertz CT molecular complexity index is 1550. The van der Waals surface area contributed by atoms with Crippen LogP contribution in [0.25, 0.3) is 29.0 Å². The fourth-order valence-corrected chi connectivity index (χ4v) is 4.40. The minimum Gasteiger partial charge on any atom is -0.494 e. The number of ether oxygens (including phenoxy) is 1. The first-order valence-electron chi connectivity index (χ1n) is 15.6. The van der Waals surface area contributed by atoms with Crippen molar-refractivity contribution < 1.29 is 19.0 Å². The fourth-order valence-electron chi connectivity index (χ4n) is 3.90. The highest BCUT2D eigenvalue weighted by Crippen LogP contribution is 2.30. The first-order valence-corrected chi connectivity index (χ1v) is 16.3. The number of imidazole rings is 1. The summed E-state index contributed by atoms with van der Waals surface area (Å²) in [7, 11) is 2.87. The molecule has 0 radical (unpaired) electrons. The maximum absolute atomic E-state index is 14.7. The zero-order valence-corrected chi connectivity index (χ0v) is 30.4. The van der Waals surface area contributed by atoms with Crippen LogP contribution in [0.5, 0.6) is 0 Å². The summed E-state index contributed by atoms with van der Waals surface area (Å²) in [5.41, 5.74) is 4.39. The van der Waals surface area contributed by atoms with E-state index in [9.17, 15) is 9.18 Å². The van der Waals surface area contributed by atoms with Crippen LogP contribution in [0.15, 0.2) is 97.0 Å². The lowest BCUT2D eigenvalue weighted by molar-refractivity contribution is -0.105. The summed E-state index contributed by atoms with van der Waals surface area (Å²) in [6.07, 6.45) is 18.9. The smallest absolute Gasteiger partial charge is 0.146 e. The molecule has 0 atom stereocenters. The zero-order chi connectivity index (χ0) is 35.8. The molecule has 0 amide bonds. The number of aryl methyl sites for hydroxylation is 1. The number of carbonyl (C=O) groups is 1. The van der Waals surface area contributed by atoms with Gasteiger partial charge in [-0.2, -0.15) is 0 Å². The number of halogens is 3. The van der Waals surface area contributed by atoms with Crippen molar-refractivity contribution in [3.63, 3.8) is 0 Å². The Morgan fingerprint density at radius 2 is 1.70 bits per heavy atom. The van der Waals surface area contributed by atoms with Gasteiger partial charge in [-0.15, -0.1) is 0 Å². The van der Waals surface area contributed by atoms with Gasteiger partial charge in [0.2, 0.25) is 0 Å². The summed E-state index contributed by atoms with van der Waals surface area (Å²) < 4.78 is 22.3. The van der Waals surface area contributed by atoms with Crippen molar-refractivity contribution in [3.8, 4) is 11.3 Å². The van der Waals surface area contributed by atoms with Crippen LogP contribution in [0.3, 0.4) is 0 Å². The van der Waals surface area contributed by atoms with Crippen molar-refractivity contribution in [1.82, 2.24) is 9.55 Å². The van der Waals surface area contributed by atoms with E-state index < -0.39 is 0 Å². The van der Waals surface area contributed by atoms with Crippen LogP contribution in [-0.2, 0) is 16.6 Å². The minimum absolute atomic E-state index is 0.338. The third kappa shape index (κ3) is 15.0. The topological polar surface area (TPSA) is 64.4 Å². The molecule has 8 heteroatoms. The summed E-state index contributed by atoms with van der Waals surface area (Å²) in [5.74, 6) is 0.833. The zero-order valence-electron chi connectivity index (χ0n) is 28.9. The van der Waals surface area contributed by atoms with E-state index >= 15 is 0 Å². The van der Waals surface area contributed by atoms with Crippen molar-refractivity contribution in [2.24, 2.45) is 7.05 Å². The molecular weight excluding hydrogens is 634 g/mol. The lowest BCUT2D eigenvalue weighted by atomic mass is 10.0. The van der Waals surface area contributed by atoms with Gasteiger partial charge in [0, 0.05) is 36.5 Å². The molecule has 0 fully saturated rings. The number of nitrogens with zero attached hydrogens (tertiary/aromatic N) is 2. The molecule has 5 nitrogen and oxygen atoms in total. The number of hydrogen-bond acceptors (Lipinski definition) is 4. The van der Waals surface area contributed by atoms with Gasteiger partial charge in [0.25, 0.3) is 0 Å². The number of hydrogen-bond donors (Lipinski definition) is 1. The van der Waals surface area contributed by atoms with Gasteiger partial charge >= 0.3 is 0 Å². The van der Waals surface area contributed by atoms with Crippen molar-refractivity contribution in [2.75, 3.05) is 13.7 Å². The van der Waals surface area contributed by atoms with Gasteiger partial charge in [-0.3, -0.25) is 4.79 Å². The second-order valence-electron chi connectivity index (χ2n) is 9.13. The van der Waals surface area contributed by atoms with Gasteiger partial charge in [0.15, 0.2) is 0 Å². The van der Waals surface area contributed by atoms with Crippen molar-refractivity contribution in [2.45, 2.75) is 54.4 Å². The van der Waals surface area contributed by atoms with Crippen LogP contribution < -0.4 is 0 Å². The average molecular weight is 684 g/mol. The Morgan fingerprint density at radius 1 is 1.00 bits per heavy atom. The molecule has 0 bridgehead atoms. The van der Waals surface area contributed by atoms with E-state index in [4.69, 9.17) is 33.0 Å². The molecule has 0 spiro atoms. The van der Waals surface area contributed by atoms with Gasteiger partial charge in [-0.25, -0.2) is 9.37 Å². The van der Waals surface area contributed by atoms with Crippen LogP contribution >= 0.6 is 23.2 Å². The molecule has 0 aliphatic heterocycles.